The van der Waals surface area contributed by atoms with Gasteiger partial charge in [0.1, 0.15) is 23.9 Å². The number of esters is 1. The van der Waals surface area contributed by atoms with Crippen LogP contribution in [-0.4, -0.2) is 78.6 Å². The van der Waals surface area contributed by atoms with Gasteiger partial charge in [-0.25, -0.2) is 9.59 Å². The predicted molar refractivity (Wildman–Crippen MR) is 147 cm³/mol. The first-order valence-electron chi connectivity index (χ1n) is 12.7. The fourth-order valence-corrected chi connectivity index (χ4v) is 4.04. The van der Waals surface area contributed by atoms with Gasteiger partial charge in [0, 0.05) is 37.1 Å². The van der Waals surface area contributed by atoms with Crippen molar-refractivity contribution in [3.8, 4) is 5.75 Å². The van der Waals surface area contributed by atoms with Gasteiger partial charge in [0.05, 0.1) is 0 Å². The van der Waals surface area contributed by atoms with E-state index in [9.17, 15) is 14.4 Å². The van der Waals surface area contributed by atoms with Crippen molar-refractivity contribution in [2.45, 2.75) is 45.3 Å². The predicted octanol–water partition coefficient (Wildman–Crippen LogP) is 3.77. The fourth-order valence-electron chi connectivity index (χ4n) is 4.04. The summed E-state index contributed by atoms with van der Waals surface area (Å²) in [4.78, 5) is 45.3. The van der Waals surface area contributed by atoms with Gasteiger partial charge in [-0.1, -0.05) is 36.4 Å². The monoisotopic (exact) mass is 522 g/mol. The second-order valence-corrected chi connectivity index (χ2v) is 10.6. The number of rotatable bonds is 10. The first-order valence-corrected chi connectivity index (χ1v) is 12.7. The molecule has 0 fully saturated rings. The number of hydrogen-bond donors (Lipinski definition) is 2. The lowest BCUT2D eigenvalue weighted by Gasteiger charge is -2.26. The Balaban J connectivity index is 1.72. The number of nitrogens with one attached hydrogen (secondary N) is 2. The van der Waals surface area contributed by atoms with E-state index in [0.717, 1.165) is 35.0 Å². The molecule has 2 amide bonds. The summed E-state index contributed by atoms with van der Waals surface area (Å²) in [5, 5.41) is 3.52. The van der Waals surface area contributed by atoms with Crippen LogP contribution in [0.1, 0.15) is 31.9 Å². The lowest BCUT2D eigenvalue weighted by molar-refractivity contribution is -0.142. The zero-order valence-corrected chi connectivity index (χ0v) is 23.0. The number of hydrogen-bond acceptors (Lipinski definition) is 6. The highest BCUT2D eigenvalue weighted by molar-refractivity contribution is 5.93. The molecule has 38 heavy (non-hydrogen) atoms. The van der Waals surface area contributed by atoms with E-state index in [1.54, 1.807) is 26.8 Å². The first kappa shape index (κ1) is 28.7. The van der Waals surface area contributed by atoms with Gasteiger partial charge in [-0.3, -0.25) is 4.79 Å². The maximum Gasteiger partial charge on any atom is 0.408 e. The molecule has 9 nitrogen and oxygen atoms in total. The van der Waals surface area contributed by atoms with Crippen LogP contribution in [0.25, 0.3) is 10.9 Å². The minimum absolute atomic E-state index is 0.246. The third kappa shape index (κ3) is 8.34. The molecular formula is C29H38N4O5. The van der Waals surface area contributed by atoms with Crippen molar-refractivity contribution in [3.05, 3.63) is 65.9 Å². The second kappa shape index (κ2) is 12.6. The average molecular weight is 523 g/mol. The summed E-state index contributed by atoms with van der Waals surface area (Å²) in [5.41, 5.74) is 2.07. The van der Waals surface area contributed by atoms with Gasteiger partial charge >= 0.3 is 12.1 Å². The number of H-pyrrole nitrogens is 1. The van der Waals surface area contributed by atoms with Crippen molar-refractivity contribution in [1.29, 1.82) is 0 Å². The van der Waals surface area contributed by atoms with Crippen LogP contribution in [-0.2, 0) is 27.2 Å². The molecule has 0 aliphatic carbocycles. The number of benzene rings is 2. The van der Waals surface area contributed by atoms with E-state index in [4.69, 9.17) is 9.47 Å². The first-order chi connectivity index (χ1) is 17.9. The van der Waals surface area contributed by atoms with Crippen LogP contribution >= 0.6 is 0 Å². The minimum Gasteiger partial charge on any atom is -0.444 e. The van der Waals surface area contributed by atoms with E-state index in [1.165, 1.54) is 11.9 Å². The molecule has 0 aliphatic rings. The Bertz CT molecular complexity index is 1250. The number of carbonyl (C=O) groups is 3. The molecule has 2 aromatic carbocycles. The molecule has 0 saturated carbocycles. The number of carbonyl (C=O) groups excluding carboxylic acids is 3. The fraction of sp³-hybridized carbons (Fsp3) is 0.414. The molecule has 3 rings (SSSR count). The van der Waals surface area contributed by atoms with E-state index < -0.39 is 29.6 Å². The molecule has 3 aromatic rings. The van der Waals surface area contributed by atoms with Crippen molar-refractivity contribution in [1.82, 2.24) is 20.1 Å². The zero-order valence-electron chi connectivity index (χ0n) is 23.0. The molecule has 0 spiro atoms. The van der Waals surface area contributed by atoms with Crippen molar-refractivity contribution >= 4 is 28.9 Å². The second-order valence-electron chi connectivity index (χ2n) is 10.6. The van der Waals surface area contributed by atoms with Gasteiger partial charge in [0.15, 0.2) is 0 Å². The number of amides is 2. The zero-order chi connectivity index (χ0) is 27.9. The molecule has 204 valence electrons. The number of likely N-dealkylation sites (N-methyl/N-ethyl adjacent to an activating group) is 2. The number of alkyl carbamates (subject to hydrolysis) is 1. The average Bonchev–Trinajstić information content (AvgIpc) is 3.25. The summed E-state index contributed by atoms with van der Waals surface area (Å²) in [7, 11) is 5.52. The summed E-state index contributed by atoms with van der Waals surface area (Å²) in [5.74, 6) is -0.567. The van der Waals surface area contributed by atoms with Gasteiger partial charge in [-0.2, -0.15) is 0 Å². The van der Waals surface area contributed by atoms with Gasteiger partial charge in [0.25, 0.3) is 0 Å². The maximum absolute atomic E-state index is 13.3. The Kier molecular flexibility index (Phi) is 9.52. The number of aromatic nitrogens is 1. The van der Waals surface area contributed by atoms with Crippen molar-refractivity contribution in [2.75, 3.05) is 34.2 Å². The van der Waals surface area contributed by atoms with E-state index >= 15 is 0 Å². The molecule has 9 heteroatoms. The molecule has 1 heterocycles. The van der Waals surface area contributed by atoms with Crippen LogP contribution in [0.3, 0.4) is 0 Å². The summed E-state index contributed by atoms with van der Waals surface area (Å²) < 4.78 is 11.1. The lowest BCUT2D eigenvalue weighted by atomic mass is 10.0. The Morgan fingerprint density at radius 3 is 2.37 bits per heavy atom. The normalized spacial score (nSPS) is 12.3. The standard InChI is InChI=1S/C29H38N4O5/c1-29(2,3)38-28(36)31-23(17-20-11-8-7-9-12-20)27(35)33(6)19-25(34)37-24-14-10-13-22-26(24)21(18-30-22)15-16-32(4)5/h7-14,18,23,30H,15-17,19H2,1-6H3,(H,31,36). The smallest absolute Gasteiger partial charge is 0.408 e. The third-order valence-corrected chi connectivity index (χ3v) is 5.82. The van der Waals surface area contributed by atoms with Crippen molar-refractivity contribution in [3.63, 3.8) is 0 Å². The Labute approximate surface area is 224 Å². The number of aromatic amines is 1. The molecule has 0 saturated heterocycles. The molecule has 0 aliphatic heterocycles. The Morgan fingerprint density at radius 1 is 1.00 bits per heavy atom. The molecule has 2 N–H and O–H groups in total. The third-order valence-electron chi connectivity index (χ3n) is 5.82. The molecule has 1 atom stereocenters. The topological polar surface area (TPSA) is 104 Å². The van der Waals surface area contributed by atoms with Crippen LogP contribution in [0.2, 0.25) is 0 Å². The minimum atomic E-state index is -0.921. The summed E-state index contributed by atoms with van der Waals surface area (Å²) >= 11 is 0. The number of ether oxygens (including phenoxy) is 2. The summed E-state index contributed by atoms with van der Waals surface area (Å²) in [6.45, 7) is 5.81. The quantitative estimate of drug-likeness (QED) is 0.310. The molecule has 0 bridgehead atoms. The van der Waals surface area contributed by atoms with Crippen LogP contribution in [0.5, 0.6) is 5.75 Å². The molecule has 1 unspecified atom stereocenters. The highest BCUT2D eigenvalue weighted by Crippen LogP contribution is 2.29. The van der Waals surface area contributed by atoms with Crippen LogP contribution < -0.4 is 10.1 Å². The molecule has 1 aromatic heterocycles. The van der Waals surface area contributed by atoms with Crippen LogP contribution in [0.4, 0.5) is 4.79 Å². The highest BCUT2D eigenvalue weighted by Gasteiger charge is 2.28. The van der Waals surface area contributed by atoms with E-state index in [2.05, 4.69) is 15.2 Å². The van der Waals surface area contributed by atoms with E-state index in [1.807, 2.05) is 62.8 Å². The van der Waals surface area contributed by atoms with Gasteiger partial charge in [-0.05, 0) is 64.5 Å². The van der Waals surface area contributed by atoms with E-state index in [-0.39, 0.29) is 13.0 Å². The van der Waals surface area contributed by atoms with Crippen LogP contribution in [0.15, 0.2) is 54.7 Å². The number of nitrogens with zero attached hydrogens (tertiary/aromatic N) is 2. The van der Waals surface area contributed by atoms with Gasteiger partial charge < -0.3 is 29.6 Å². The van der Waals surface area contributed by atoms with E-state index in [0.29, 0.717) is 5.75 Å². The molecular weight excluding hydrogens is 484 g/mol. The van der Waals surface area contributed by atoms with Crippen molar-refractivity contribution < 1.29 is 23.9 Å². The van der Waals surface area contributed by atoms with Gasteiger partial charge in [0.2, 0.25) is 5.91 Å². The van der Waals surface area contributed by atoms with Crippen molar-refractivity contribution in [2.24, 2.45) is 0 Å². The highest BCUT2D eigenvalue weighted by atomic mass is 16.6. The summed E-state index contributed by atoms with van der Waals surface area (Å²) in [6.07, 6.45) is 2.26. The SMILES string of the molecule is CN(C)CCc1c[nH]c2cccc(OC(=O)CN(C)C(=O)C(Cc3ccccc3)NC(=O)OC(C)(C)C)c12. The van der Waals surface area contributed by atoms with Gasteiger partial charge in [-0.15, -0.1) is 0 Å². The summed E-state index contributed by atoms with van der Waals surface area (Å²) in [6, 6.07) is 13.9. The molecule has 0 radical (unpaired) electrons. The largest absolute Gasteiger partial charge is 0.444 e. The maximum atomic E-state index is 13.3. The van der Waals surface area contributed by atoms with Crippen LogP contribution in [0, 0.1) is 0 Å². The lowest BCUT2D eigenvalue weighted by Crippen LogP contribution is -2.51. The number of fused-ring (bicyclic) bond motifs is 1. The Morgan fingerprint density at radius 2 is 1.71 bits per heavy atom. The Hall–Kier alpha value is -3.85.